The number of methoxy groups -OCH3 is 1. The van der Waals surface area contributed by atoms with Crippen molar-refractivity contribution in [1.29, 1.82) is 0 Å². The van der Waals surface area contributed by atoms with Crippen molar-refractivity contribution >= 4 is 0 Å². The molecule has 1 N–H and O–H groups in total. The lowest BCUT2D eigenvalue weighted by Crippen LogP contribution is -2.37. The summed E-state index contributed by atoms with van der Waals surface area (Å²) in [6.07, 6.45) is 5.25. The van der Waals surface area contributed by atoms with Crippen LogP contribution in [-0.2, 0) is 4.74 Å². The number of ether oxygens (including phenoxy) is 2. The summed E-state index contributed by atoms with van der Waals surface area (Å²) in [5.74, 6) is 0.947. The second-order valence-electron chi connectivity index (χ2n) is 4.82. The Bertz CT molecular complexity index is 321. The van der Waals surface area contributed by atoms with Crippen LogP contribution in [0.5, 0.6) is 5.75 Å². The molecule has 0 unspecified atom stereocenters. The van der Waals surface area contributed by atoms with E-state index < -0.39 is 0 Å². The standard InChI is InChI=1S/C15H23NO2/c1-17-14-9-7-13(8-10-14)16-11-12-18-15-5-3-2-4-6-15/h2-6,13-14,16H,7-12H2,1H3. The van der Waals surface area contributed by atoms with Gasteiger partial charge in [-0.25, -0.2) is 0 Å². The van der Waals surface area contributed by atoms with Gasteiger partial charge in [0.05, 0.1) is 6.10 Å². The molecule has 1 fully saturated rings. The van der Waals surface area contributed by atoms with Gasteiger partial charge in [-0.2, -0.15) is 0 Å². The maximum atomic E-state index is 5.65. The van der Waals surface area contributed by atoms with Crippen molar-refractivity contribution in [3.63, 3.8) is 0 Å². The van der Waals surface area contributed by atoms with Crippen LogP contribution in [0.25, 0.3) is 0 Å². The Morgan fingerprint density at radius 1 is 1.11 bits per heavy atom. The normalized spacial score (nSPS) is 23.8. The first-order valence-electron chi connectivity index (χ1n) is 6.82. The van der Waals surface area contributed by atoms with E-state index in [4.69, 9.17) is 9.47 Å². The summed E-state index contributed by atoms with van der Waals surface area (Å²) in [5.41, 5.74) is 0. The minimum atomic E-state index is 0.476. The fraction of sp³-hybridized carbons (Fsp3) is 0.600. The number of hydrogen-bond donors (Lipinski definition) is 1. The van der Waals surface area contributed by atoms with Gasteiger partial charge in [-0.05, 0) is 37.8 Å². The van der Waals surface area contributed by atoms with Crippen molar-refractivity contribution in [2.24, 2.45) is 0 Å². The van der Waals surface area contributed by atoms with Crippen molar-refractivity contribution < 1.29 is 9.47 Å². The molecule has 0 bridgehead atoms. The predicted octanol–water partition coefficient (Wildman–Crippen LogP) is 2.61. The van der Waals surface area contributed by atoms with E-state index in [0.717, 1.165) is 18.9 Å². The molecule has 1 aromatic carbocycles. The van der Waals surface area contributed by atoms with E-state index in [0.29, 0.717) is 12.1 Å². The Kier molecular flexibility index (Phi) is 5.49. The summed E-state index contributed by atoms with van der Waals surface area (Å²) >= 11 is 0. The summed E-state index contributed by atoms with van der Waals surface area (Å²) in [4.78, 5) is 0. The maximum Gasteiger partial charge on any atom is 0.119 e. The minimum Gasteiger partial charge on any atom is -0.492 e. The molecule has 100 valence electrons. The lowest BCUT2D eigenvalue weighted by atomic mass is 9.93. The third-order valence-electron chi connectivity index (χ3n) is 3.55. The zero-order valence-electron chi connectivity index (χ0n) is 11.1. The third kappa shape index (κ3) is 4.31. The summed E-state index contributed by atoms with van der Waals surface area (Å²) in [6.45, 7) is 1.64. The van der Waals surface area contributed by atoms with Crippen LogP contribution in [-0.4, -0.2) is 32.4 Å². The van der Waals surface area contributed by atoms with Crippen LogP contribution in [0.15, 0.2) is 30.3 Å². The Morgan fingerprint density at radius 3 is 2.50 bits per heavy atom. The van der Waals surface area contributed by atoms with E-state index >= 15 is 0 Å². The van der Waals surface area contributed by atoms with Gasteiger partial charge in [0.1, 0.15) is 12.4 Å². The van der Waals surface area contributed by atoms with Crippen molar-refractivity contribution in [1.82, 2.24) is 5.32 Å². The highest BCUT2D eigenvalue weighted by Gasteiger charge is 2.19. The third-order valence-corrected chi connectivity index (χ3v) is 3.55. The zero-order valence-corrected chi connectivity index (χ0v) is 11.1. The van der Waals surface area contributed by atoms with E-state index in [1.54, 1.807) is 0 Å². The quantitative estimate of drug-likeness (QED) is 0.786. The van der Waals surface area contributed by atoms with Gasteiger partial charge in [0.15, 0.2) is 0 Å². The van der Waals surface area contributed by atoms with Crippen LogP contribution in [0.2, 0.25) is 0 Å². The first-order chi connectivity index (χ1) is 8.88. The van der Waals surface area contributed by atoms with Crippen LogP contribution in [0.1, 0.15) is 25.7 Å². The average molecular weight is 249 g/mol. The molecule has 0 aromatic heterocycles. The summed E-state index contributed by atoms with van der Waals surface area (Å²) in [7, 11) is 1.81. The molecular weight excluding hydrogens is 226 g/mol. The van der Waals surface area contributed by atoms with E-state index in [-0.39, 0.29) is 0 Å². The minimum absolute atomic E-state index is 0.476. The molecule has 0 spiro atoms. The highest BCUT2D eigenvalue weighted by atomic mass is 16.5. The number of para-hydroxylation sites is 1. The molecule has 0 aliphatic heterocycles. The van der Waals surface area contributed by atoms with E-state index in [1.165, 1.54) is 25.7 Å². The highest BCUT2D eigenvalue weighted by molar-refractivity contribution is 5.20. The van der Waals surface area contributed by atoms with Crippen LogP contribution in [0.4, 0.5) is 0 Å². The molecule has 0 radical (unpaired) electrons. The predicted molar refractivity (Wildman–Crippen MR) is 73.0 cm³/mol. The van der Waals surface area contributed by atoms with Crippen molar-refractivity contribution in [3.05, 3.63) is 30.3 Å². The fourth-order valence-corrected chi connectivity index (χ4v) is 2.45. The van der Waals surface area contributed by atoms with Crippen molar-refractivity contribution in [3.8, 4) is 5.75 Å². The van der Waals surface area contributed by atoms with Gasteiger partial charge in [-0.3, -0.25) is 0 Å². The Balaban J connectivity index is 1.56. The summed E-state index contributed by atoms with van der Waals surface area (Å²) < 4.78 is 11.0. The van der Waals surface area contributed by atoms with E-state index in [1.807, 2.05) is 37.4 Å². The van der Waals surface area contributed by atoms with E-state index in [9.17, 15) is 0 Å². The van der Waals surface area contributed by atoms with Crippen LogP contribution < -0.4 is 10.1 Å². The topological polar surface area (TPSA) is 30.5 Å². The number of hydrogen-bond acceptors (Lipinski definition) is 3. The van der Waals surface area contributed by atoms with Gasteiger partial charge < -0.3 is 14.8 Å². The van der Waals surface area contributed by atoms with Gasteiger partial charge >= 0.3 is 0 Å². The highest BCUT2D eigenvalue weighted by Crippen LogP contribution is 2.20. The molecule has 1 aliphatic rings. The molecule has 0 heterocycles. The smallest absolute Gasteiger partial charge is 0.119 e. The Morgan fingerprint density at radius 2 is 1.83 bits per heavy atom. The van der Waals surface area contributed by atoms with Gasteiger partial charge in [0, 0.05) is 19.7 Å². The average Bonchev–Trinajstić information content (AvgIpc) is 2.45. The molecular formula is C15H23NO2. The molecule has 0 amide bonds. The lowest BCUT2D eigenvalue weighted by Gasteiger charge is -2.28. The molecule has 1 aliphatic carbocycles. The molecule has 0 atom stereocenters. The van der Waals surface area contributed by atoms with Crippen LogP contribution in [0, 0.1) is 0 Å². The SMILES string of the molecule is COC1CCC(NCCOc2ccccc2)CC1. The molecule has 3 heteroatoms. The van der Waals surface area contributed by atoms with Crippen LogP contribution >= 0.6 is 0 Å². The maximum absolute atomic E-state index is 5.65. The molecule has 0 saturated heterocycles. The number of rotatable bonds is 6. The summed E-state index contributed by atoms with van der Waals surface area (Å²) in [6, 6.07) is 10.6. The lowest BCUT2D eigenvalue weighted by molar-refractivity contribution is 0.0622. The van der Waals surface area contributed by atoms with Crippen LogP contribution in [0.3, 0.4) is 0 Å². The fourth-order valence-electron chi connectivity index (χ4n) is 2.45. The molecule has 18 heavy (non-hydrogen) atoms. The first kappa shape index (κ1) is 13.4. The van der Waals surface area contributed by atoms with Gasteiger partial charge in [-0.15, -0.1) is 0 Å². The Labute approximate surface area is 109 Å². The molecule has 3 nitrogen and oxygen atoms in total. The monoisotopic (exact) mass is 249 g/mol. The van der Waals surface area contributed by atoms with Gasteiger partial charge in [0.25, 0.3) is 0 Å². The second-order valence-corrected chi connectivity index (χ2v) is 4.82. The largest absolute Gasteiger partial charge is 0.492 e. The van der Waals surface area contributed by atoms with Crippen molar-refractivity contribution in [2.75, 3.05) is 20.3 Å². The van der Waals surface area contributed by atoms with Gasteiger partial charge in [-0.1, -0.05) is 18.2 Å². The number of benzene rings is 1. The molecule has 1 saturated carbocycles. The molecule has 1 aromatic rings. The van der Waals surface area contributed by atoms with Crippen molar-refractivity contribution in [2.45, 2.75) is 37.8 Å². The Hall–Kier alpha value is -1.06. The van der Waals surface area contributed by atoms with Gasteiger partial charge in [0.2, 0.25) is 0 Å². The second kappa shape index (κ2) is 7.39. The molecule has 2 rings (SSSR count). The number of nitrogens with one attached hydrogen (secondary N) is 1. The first-order valence-corrected chi connectivity index (χ1v) is 6.82. The zero-order chi connectivity index (χ0) is 12.6. The summed E-state index contributed by atoms with van der Waals surface area (Å²) in [5, 5.41) is 3.56. The van der Waals surface area contributed by atoms with E-state index in [2.05, 4.69) is 5.32 Å².